The molecule has 3 heterocycles. The van der Waals surface area contributed by atoms with Gasteiger partial charge in [0.05, 0.1) is 11.3 Å². The molecule has 0 bridgehead atoms. The number of ether oxygens (including phenoxy) is 1. The van der Waals surface area contributed by atoms with Crippen molar-refractivity contribution in [3.8, 4) is 11.1 Å². The van der Waals surface area contributed by atoms with Gasteiger partial charge in [-0.25, -0.2) is 4.79 Å². The Morgan fingerprint density at radius 2 is 1.66 bits per heavy atom. The summed E-state index contributed by atoms with van der Waals surface area (Å²) in [7, 11) is 0. The topological polar surface area (TPSA) is 65.9 Å². The van der Waals surface area contributed by atoms with E-state index in [1.807, 2.05) is 27.7 Å². The lowest BCUT2D eigenvalue weighted by atomic mass is 9.81. The first-order valence-electron chi connectivity index (χ1n) is 16.2. The molecule has 0 amide bonds. The number of carbonyl (C=O) groups is 1. The minimum atomic E-state index is -1.11. The van der Waals surface area contributed by atoms with Gasteiger partial charge in [-0.05, 0) is 107 Å². The Morgan fingerprint density at radius 3 is 2.30 bits per heavy atom. The van der Waals surface area contributed by atoms with Gasteiger partial charge in [0.2, 0.25) is 0 Å². The minimum Gasteiger partial charge on any atom is -0.479 e. The van der Waals surface area contributed by atoms with Crippen LogP contribution in [0.4, 0.5) is 5.69 Å². The molecule has 0 spiro atoms. The van der Waals surface area contributed by atoms with Crippen LogP contribution in [0.15, 0.2) is 36.4 Å². The number of aryl methyl sites for hydroxylation is 4. The van der Waals surface area contributed by atoms with E-state index in [1.54, 1.807) is 0 Å². The molecule has 1 aromatic heterocycles. The van der Waals surface area contributed by atoms with Crippen molar-refractivity contribution in [3.63, 3.8) is 0 Å². The Hall–Kier alpha value is -3.22. The maximum Gasteiger partial charge on any atom is 0.337 e. The summed E-state index contributed by atoms with van der Waals surface area (Å²) in [5.41, 5.74) is 11.9. The Labute approximate surface area is 264 Å². The summed E-state index contributed by atoms with van der Waals surface area (Å²) in [5.74, 6) is -0.979. The predicted octanol–water partition coefficient (Wildman–Crippen LogP) is 8.11. The first-order valence-corrected chi connectivity index (χ1v) is 16.2. The van der Waals surface area contributed by atoms with Crippen LogP contribution in [0.5, 0.6) is 0 Å². The number of anilines is 1. The molecule has 2 aliphatic heterocycles. The largest absolute Gasteiger partial charge is 0.479 e. The van der Waals surface area contributed by atoms with Crippen molar-refractivity contribution >= 4 is 11.7 Å². The van der Waals surface area contributed by atoms with Gasteiger partial charge >= 0.3 is 5.97 Å². The van der Waals surface area contributed by atoms with E-state index in [0.29, 0.717) is 5.56 Å². The molecule has 1 N–H and O–H groups in total. The highest BCUT2D eigenvalue weighted by molar-refractivity contribution is 5.88. The van der Waals surface area contributed by atoms with Crippen LogP contribution in [0.1, 0.15) is 98.3 Å². The zero-order chi connectivity index (χ0) is 32.0. The van der Waals surface area contributed by atoms with Gasteiger partial charge in [0.25, 0.3) is 0 Å². The third kappa shape index (κ3) is 7.02. The van der Waals surface area contributed by atoms with Crippen LogP contribution in [-0.4, -0.2) is 46.2 Å². The number of carboxylic acids is 1. The van der Waals surface area contributed by atoms with Crippen LogP contribution in [0.25, 0.3) is 11.1 Å². The van der Waals surface area contributed by atoms with Crippen LogP contribution in [0.3, 0.4) is 0 Å². The number of hydrogen-bond donors (Lipinski definition) is 1. The highest BCUT2D eigenvalue weighted by Gasteiger charge is 2.36. The van der Waals surface area contributed by atoms with Gasteiger partial charge in [-0.1, -0.05) is 50.2 Å². The number of pyridine rings is 1. The molecule has 3 aromatic rings. The van der Waals surface area contributed by atoms with Gasteiger partial charge in [-0.2, -0.15) is 0 Å². The predicted molar refractivity (Wildman–Crippen MR) is 179 cm³/mol. The summed E-state index contributed by atoms with van der Waals surface area (Å²) in [6.07, 6.45) is 1.97. The molecular weight excluding hydrogens is 546 g/mol. The number of aliphatic carboxylic acids is 1. The fraction of sp³-hybridized carbons (Fsp3) is 0.526. The molecule has 0 saturated carbocycles. The van der Waals surface area contributed by atoms with Gasteiger partial charge in [0.1, 0.15) is 0 Å². The molecule has 44 heavy (non-hydrogen) atoms. The number of nitrogens with zero attached hydrogens (tertiary/aromatic N) is 3. The Bertz CT molecular complexity index is 1540. The van der Waals surface area contributed by atoms with E-state index in [1.165, 1.54) is 27.8 Å². The van der Waals surface area contributed by atoms with Crippen molar-refractivity contribution in [3.05, 3.63) is 81.2 Å². The third-order valence-corrected chi connectivity index (χ3v) is 9.53. The van der Waals surface area contributed by atoms with Crippen molar-refractivity contribution in [2.45, 2.75) is 106 Å². The lowest BCUT2D eigenvalue weighted by Gasteiger charge is -2.41. The Balaban J connectivity index is 1.56. The lowest BCUT2D eigenvalue weighted by Crippen LogP contribution is -2.39. The third-order valence-electron chi connectivity index (χ3n) is 9.53. The molecule has 2 aliphatic rings. The van der Waals surface area contributed by atoms with Gasteiger partial charge < -0.3 is 14.7 Å². The molecule has 5 rings (SSSR count). The van der Waals surface area contributed by atoms with E-state index in [9.17, 15) is 9.90 Å². The highest BCUT2D eigenvalue weighted by atomic mass is 16.5. The number of benzene rings is 2. The maximum atomic E-state index is 12.8. The first-order chi connectivity index (χ1) is 20.6. The molecule has 0 aliphatic carbocycles. The summed E-state index contributed by atoms with van der Waals surface area (Å²) in [6, 6.07) is 13.6. The first kappa shape index (κ1) is 32.2. The fourth-order valence-corrected chi connectivity index (χ4v) is 6.82. The number of carboxylic acid groups (broad SMARTS) is 1. The van der Waals surface area contributed by atoms with Gasteiger partial charge in [0, 0.05) is 55.2 Å². The monoisotopic (exact) mass is 597 g/mol. The van der Waals surface area contributed by atoms with E-state index in [-0.39, 0.29) is 5.41 Å². The van der Waals surface area contributed by atoms with E-state index in [0.717, 1.165) is 80.2 Å². The summed E-state index contributed by atoms with van der Waals surface area (Å²) in [5, 5.41) is 10.5. The summed E-state index contributed by atoms with van der Waals surface area (Å²) in [6.45, 7) is 23.4. The standard InChI is InChI=1S/C38H51N3O3/c1-24-10-11-28(20-25(24)2)22-40-17-14-29-21-30(12-13-31(29)23-40)32-26(3)39-27(4)33(35(36(42)43)44-37(5,6)7)34(32)41-18-15-38(8,9)16-19-41/h10-13,20-21,35H,14-19,22-23H2,1-9H3,(H,42,43)/t35-/m0/s1. The van der Waals surface area contributed by atoms with Crippen LogP contribution < -0.4 is 4.90 Å². The van der Waals surface area contributed by atoms with E-state index >= 15 is 0 Å². The zero-order valence-corrected chi connectivity index (χ0v) is 28.3. The molecule has 0 radical (unpaired) electrons. The van der Waals surface area contributed by atoms with Crippen molar-refractivity contribution in [2.75, 3.05) is 24.5 Å². The van der Waals surface area contributed by atoms with Crippen LogP contribution in [0.2, 0.25) is 0 Å². The number of hydrogen-bond acceptors (Lipinski definition) is 5. The zero-order valence-electron chi connectivity index (χ0n) is 28.3. The van der Waals surface area contributed by atoms with Crippen LogP contribution in [-0.2, 0) is 29.0 Å². The molecule has 236 valence electrons. The average Bonchev–Trinajstić information content (AvgIpc) is 2.93. The normalized spacial score (nSPS) is 17.8. The van der Waals surface area contributed by atoms with E-state index in [2.05, 4.69) is 80.8 Å². The Morgan fingerprint density at radius 1 is 0.955 bits per heavy atom. The summed E-state index contributed by atoms with van der Waals surface area (Å²) >= 11 is 0. The van der Waals surface area contributed by atoms with Crippen LogP contribution in [0, 0.1) is 33.1 Å². The summed E-state index contributed by atoms with van der Waals surface area (Å²) in [4.78, 5) is 22.7. The van der Waals surface area contributed by atoms with Crippen molar-refractivity contribution in [1.29, 1.82) is 0 Å². The molecule has 2 aromatic carbocycles. The Kier molecular flexibility index (Phi) is 8.99. The second-order valence-electron chi connectivity index (χ2n) is 14.9. The quantitative estimate of drug-likeness (QED) is 0.297. The molecule has 0 unspecified atom stereocenters. The molecule has 6 nitrogen and oxygen atoms in total. The summed E-state index contributed by atoms with van der Waals surface area (Å²) < 4.78 is 6.26. The number of rotatable bonds is 7. The van der Waals surface area contributed by atoms with E-state index < -0.39 is 17.7 Å². The van der Waals surface area contributed by atoms with Gasteiger partial charge in [-0.15, -0.1) is 0 Å². The average molecular weight is 598 g/mol. The number of piperidine rings is 1. The van der Waals surface area contributed by atoms with Gasteiger partial charge in [0.15, 0.2) is 6.10 Å². The number of fused-ring (bicyclic) bond motifs is 1. The van der Waals surface area contributed by atoms with Gasteiger partial charge in [-0.3, -0.25) is 9.88 Å². The smallest absolute Gasteiger partial charge is 0.337 e. The highest BCUT2D eigenvalue weighted by Crippen LogP contribution is 2.45. The molecular formula is C38H51N3O3. The maximum absolute atomic E-state index is 12.8. The van der Waals surface area contributed by atoms with Crippen molar-refractivity contribution in [1.82, 2.24) is 9.88 Å². The molecule has 1 atom stereocenters. The fourth-order valence-electron chi connectivity index (χ4n) is 6.82. The lowest BCUT2D eigenvalue weighted by molar-refractivity contribution is -0.160. The van der Waals surface area contributed by atoms with Crippen molar-refractivity contribution in [2.24, 2.45) is 5.41 Å². The minimum absolute atomic E-state index is 0.261. The van der Waals surface area contributed by atoms with Crippen molar-refractivity contribution < 1.29 is 14.6 Å². The van der Waals surface area contributed by atoms with Crippen LogP contribution >= 0.6 is 0 Å². The van der Waals surface area contributed by atoms with E-state index in [4.69, 9.17) is 9.72 Å². The molecule has 1 saturated heterocycles. The SMILES string of the molecule is Cc1ccc(CN2CCc3cc(-c4c(C)nc(C)c([C@H](OC(C)(C)C)C(=O)O)c4N4CCC(C)(C)CC4)ccc3C2)cc1C. The molecule has 6 heteroatoms. The molecule has 1 fully saturated rings. The second-order valence-corrected chi connectivity index (χ2v) is 14.9. The number of aromatic nitrogens is 1. The second kappa shape index (κ2) is 12.3.